The number of thiol groups is 1. The van der Waals surface area contributed by atoms with Crippen LogP contribution in [0.15, 0.2) is 30.3 Å². The summed E-state index contributed by atoms with van der Waals surface area (Å²) in [5.41, 5.74) is 0.360. The fraction of sp³-hybridized carbons (Fsp3) is 0.500. The Bertz CT molecular complexity index is 274. The van der Waals surface area contributed by atoms with E-state index in [1.54, 1.807) is 0 Å². The van der Waals surface area contributed by atoms with Crippen molar-refractivity contribution in [1.29, 1.82) is 0 Å². The van der Waals surface area contributed by atoms with Gasteiger partial charge in [0.2, 0.25) is 0 Å². The van der Waals surface area contributed by atoms with Gasteiger partial charge in [-0.15, -0.1) is 0 Å². The molecular weight excluding hydrogens is 192 g/mol. The average molecular weight is 208 g/mol. The van der Waals surface area contributed by atoms with Crippen molar-refractivity contribution < 1.29 is 4.74 Å². The monoisotopic (exact) mass is 208 g/mol. The first-order chi connectivity index (χ1) is 6.85. The quantitative estimate of drug-likeness (QED) is 0.748. The van der Waals surface area contributed by atoms with Gasteiger partial charge >= 0.3 is 0 Å². The zero-order valence-electron chi connectivity index (χ0n) is 8.28. The summed E-state index contributed by atoms with van der Waals surface area (Å²) >= 11 is 4.40. The Morgan fingerprint density at radius 3 is 2.43 bits per heavy atom. The average Bonchev–Trinajstić information content (AvgIpc) is 2.19. The molecular formula is C12H16OS. The summed E-state index contributed by atoms with van der Waals surface area (Å²) < 4.78 is 5.76. The zero-order valence-corrected chi connectivity index (χ0v) is 9.17. The highest BCUT2D eigenvalue weighted by Crippen LogP contribution is 2.42. The molecule has 0 spiro atoms. The molecule has 1 nitrogen and oxygen atoms in total. The Hall–Kier alpha value is -0.630. The van der Waals surface area contributed by atoms with E-state index in [9.17, 15) is 0 Å². The molecule has 1 saturated carbocycles. The first kappa shape index (κ1) is 9.91. The highest BCUT2D eigenvalue weighted by Gasteiger charge is 2.36. The molecule has 1 aliphatic carbocycles. The van der Waals surface area contributed by atoms with E-state index in [4.69, 9.17) is 4.74 Å². The fourth-order valence-corrected chi connectivity index (χ4v) is 2.19. The Balaban J connectivity index is 1.88. The Morgan fingerprint density at radius 1 is 1.21 bits per heavy atom. The maximum atomic E-state index is 5.76. The second-order valence-electron chi connectivity index (χ2n) is 4.11. The van der Waals surface area contributed by atoms with Crippen LogP contribution in [0.25, 0.3) is 0 Å². The van der Waals surface area contributed by atoms with Gasteiger partial charge in [0.05, 0.1) is 6.61 Å². The van der Waals surface area contributed by atoms with Crippen LogP contribution < -0.4 is 4.74 Å². The minimum absolute atomic E-state index is 0.360. The van der Waals surface area contributed by atoms with Crippen LogP contribution in [0.3, 0.4) is 0 Å². The van der Waals surface area contributed by atoms with Crippen LogP contribution in [0.1, 0.15) is 19.3 Å². The topological polar surface area (TPSA) is 9.23 Å². The van der Waals surface area contributed by atoms with Crippen LogP contribution in [-0.2, 0) is 0 Å². The third kappa shape index (κ3) is 2.06. The molecule has 0 saturated heterocycles. The Kier molecular flexibility index (Phi) is 3.02. The zero-order chi connectivity index (χ0) is 9.86. The van der Waals surface area contributed by atoms with Gasteiger partial charge in [-0.3, -0.25) is 0 Å². The molecule has 14 heavy (non-hydrogen) atoms. The van der Waals surface area contributed by atoms with E-state index < -0.39 is 0 Å². The van der Waals surface area contributed by atoms with Gasteiger partial charge in [0.1, 0.15) is 5.75 Å². The van der Waals surface area contributed by atoms with E-state index in [0.717, 1.165) is 18.1 Å². The van der Waals surface area contributed by atoms with E-state index in [-0.39, 0.29) is 0 Å². The summed E-state index contributed by atoms with van der Waals surface area (Å²) in [7, 11) is 0. The molecule has 0 radical (unpaired) electrons. The Morgan fingerprint density at radius 2 is 1.93 bits per heavy atom. The minimum Gasteiger partial charge on any atom is -0.493 e. The molecule has 1 aliphatic rings. The van der Waals surface area contributed by atoms with Crippen LogP contribution in [0, 0.1) is 5.41 Å². The van der Waals surface area contributed by atoms with Crippen LogP contribution in [0.2, 0.25) is 0 Å². The lowest BCUT2D eigenvalue weighted by atomic mass is 9.71. The van der Waals surface area contributed by atoms with Gasteiger partial charge in [-0.2, -0.15) is 12.6 Å². The van der Waals surface area contributed by atoms with E-state index >= 15 is 0 Å². The summed E-state index contributed by atoms with van der Waals surface area (Å²) in [6.07, 6.45) is 3.87. The summed E-state index contributed by atoms with van der Waals surface area (Å²) in [4.78, 5) is 0. The molecule has 76 valence electrons. The molecule has 0 heterocycles. The molecule has 0 amide bonds. The number of hydrogen-bond donors (Lipinski definition) is 1. The van der Waals surface area contributed by atoms with E-state index in [2.05, 4.69) is 12.6 Å². The molecule has 1 aromatic carbocycles. The maximum absolute atomic E-state index is 5.76. The number of ether oxygens (including phenoxy) is 1. The first-order valence-corrected chi connectivity index (χ1v) is 5.77. The molecule has 1 fully saturated rings. The van der Waals surface area contributed by atoms with Crippen molar-refractivity contribution in [3.05, 3.63) is 30.3 Å². The standard InChI is InChI=1S/C12H16OS/c14-10-12(7-4-8-12)9-13-11-5-2-1-3-6-11/h1-3,5-6,14H,4,7-10H2. The molecule has 2 rings (SSSR count). The molecule has 0 aromatic heterocycles. The molecule has 0 N–H and O–H groups in total. The molecule has 1 aromatic rings. The van der Waals surface area contributed by atoms with Gasteiger partial charge in [0, 0.05) is 5.41 Å². The third-order valence-corrected chi connectivity index (χ3v) is 3.71. The lowest BCUT2D eigenvalue weighted by Crippen LogP contribution is -2.37. The second kappa shape index (κ2) is 4.26. The van der Waals surface area contributed by atoms with Crippen molar-refractivity contribution in [2.75, 3.05) is 12.4 Å². The van der Waals surface area contributed by atoms with E-state index in [1.807, 2.05) is 30.3 Å². The van der Waals surface area contributed by atoms with E-state index in [0.29, 0.717) is 5.41 Å². The highest BCUT2D eigenvalue weighted by atomic mass is 32.1. The minimum atomic E-state index is 0.360. The third-order valence-electron chi connectivity index (χ3n) is 3.04. The van der Waals surface area contributed by atoms with Gasteiger partial charge < -0.3 is 4.74 Å². The predicted octanol–water partition coefficient (Wildman–Crippen LogP) is 3.17. The van der Waals surface area contributed by atoms with Gasteiger partial charge in [-0.1, -0.05) is 24.6 Å². The summed E-state index contributed by atoms with van der Waals surface area (Å²) in [6, 6.07) is 10.0. The number of hydrogen-bond acceptors (Lipinski definition) is 2. The predicted molar refractivity (Wildman–Crippen MR) is 62.1 cm³/mol. The Labute approximate surface area is 90.9 Å². The molecule has 2 heteroatoms. The van der Waals surface area contributed by atoms with Crippen LogP contribution >= 0.6 is 12.6 Å². The number of para-hydroxylation sites is 1. The van der Waals surface area contributed by atoms with E-state index in [1.165, 1.54) is 19.3 Å². The molecule has 0 aliphatic heterocycles. The highest BCUT2D eigenvalue weighted by molar-refractivity contribution is 7.80. The lowest BCUT2D eigenvalue weighted by Gasteiger charge is -2.40. The largest absolute Gasteiger partial charge is 0.493 e. The van der Waals surface area contributed by atoms with Gasteiger partial charge in [0.15, 0.2) is 0 Å². The van der Waals surface area contributed by atoms with Crippen LogP contribution in [-0.4, -0.2) is 12.4 Å². The fourth-order valence-electron chi connectivity index (χ4n) is 1.78. The van der Waals surface area contributed by atoms with Gasteiger partial charge in [0.25, 0.3) is 0 Å². The van der Waals surface area contributed by atoms with Crippen LogP contribution in [0.4, 0.5) is 0 Å². The molecule has 0 bridgehead atoms. The van der Waals surface area contributed by atoms with Crippen molar-refractivity contribution in [2.24, 2.45) is 5.41 Å². The lowest BCUT2D eigenvalue weighted by molar-refractivity contribution is 0.0829. The van der Waals surface area contributed by atoms with Crippen molar-refractivity contribution >= 4 is 12.6 Å². The van der Waals surface area contributed by atoms with Crippen molar-refractivity contribution in [3.63, 3.8) is 0 Å². The summed E-state index contributed by atoms with van der Waals surface area (Å²) in [6.45, 7) is 0.820. The normalized spacial score (nSPS) is 18.6. The maximum Gasteiger partial charge on any atom is 0.119 e. The summed E-state index contributed by atoms with van der Waals surface area (Å²) in [5, 5.41) is 0. The van der Waals surface area contributed by atoms with Gasteiger partial charge in [-0.25, -0.2) is 0 Å². The van der Waals surface area contributed by atoms with Gasteiger partial charge in [-0.05, 0) is 30.7 Å². The van der Waals surface area contributed by atoms with Crippen molar-refractivity contribution in [2.45, 2.75) is 19.3 Å². The van der Waals surface area contributed by atoms with Crippen molar-refractivity contribution in [1.82, 2.24) is 0 Å². The van der Waals surface area contributed by atoms with Crippen LogP contribution in [0.5, 0.6) is 5.75 Å². The van der Waals surface area contributed by atoms with Crippen molar-refractivity contribution in [3.8, 4) is 5.75 Å². The molecule has 0 atom stereocenters. The first-order valence-electron chi connectivity index (χ1n) is 5.13. The number of benzene rings is 1. The smallest absolute Gasteiger partial charge is 0.119 e. The molecule has 0 unspecified atom stereocenters. The summed E-state index contributed by atoms with van der Waals surface area (Å²) in [5.74, 6) is 1.92. The SMILES string of the molecule is SCC1(COc2ccccc2)CCC1. The number of rotatable bonds is 4. The second-order valence-corrected chi connectivity index (χ2v) is 4.43.